The molecule has 0 radical (unpaired) electrons. The molecule has 11 heavy (non-hydrogen) atoms. The summed E-state index contributed by atoms with van der Waals surface area (Å²) in [5.41, 5.74) is 0. The number of thiophene rings is 1. The summed E-state index contributed by atoms with van der Waals surface area (Å²) in [7, 11) is 0. The molecule has 1 nitrogen and oxygen atoms in total. The maximum Gasteiger partial charge on any atom is 0.120 e. The molecule has 0 aliphatic heterocycles. The molecule has 0 aliphatic carbocycles. The number of aldehydes is 1. The van der Waals surface area contributed by atoms with Gasteiger partial charge in [0.05, 0.1) is 3.79 Å². The number of carbonyl (C=O) groups is 1. The third-order valence-electron chi connectivity index (χ3n) is 1.53. The lowest BCUT2D eigenvalue weighted by Crippen LogP contribution is -1.89. The van der Waals surface area contributed by atoms with Crippen molar-refractivity contribution in [2.75, 3.05) is 0 Å². The third kappa shape index (κ3) is 2.42. The number of rotatable bonds is 3. The van der Waals surface area contributed by atoms with Gasteiger partial charge in [-0.15, -0.1) is 11.3 Å². The van der Waals surface area contributed by atoms with Crippen LogP contribution in [0.1, 0.15) is 24.1 Å². The number of hydrogen-bond donors (Lipinski definition) is 0. The van der Waals surface area contributed by atoms with E-state index in [0.29, 0.717) is 12.3 Å². The van der Waals surface area contributed by atoms with Crippen LogP contribution in [-0.4, -0.2) is 6.29 Å². The monoisotopic (exact) mass is 232 g/mol. The summed E-state index contributed by atoms with van der Waals surface area (Å²) >= 11 is 5.08. The maximum atomic E-state index is 10.2. The Morgan fingerprint density at radius 3 is 2.91 bits per heavy atom. The standard InChI is InChI=1S/C8H9BrOS/c1-6(4-5-10)7-2-3-8(9)11-7/h2-3,5-6H,4H2,1H3. The van der Waals surface area contributed by atoms with Crippen molar-refractivity contribution in [3.8, 4) is 0 Å². The van der Waals surface area contributed by atoms with Crippen molar-refractivity contribution in [2.45, 2.75) is 19.3 Å². The van der Waals surface area contributed by atoms with Crippen LogP contribution in [0.25, 0.3) is 0 Å². The topological polar surface area (TPSA) is 17.1 Å². The Bertz CT molecular complexity index is 244. The highest BCUT2D eigenvalue weighted by molar-refractivity contribution is 9.11. The van der Waals surface area contributed by atoms with Gasteiger partial charge in [0.25, 0.3) is 0 Å². The van der Waals surface area contributed by atoms with Crippen LogP contribution in [0.2, 0.25) is 0 Å². The Kier molecular flexibility index (Phi) is 3.27. The van der Waals surface area contributed by atoms with Gasteiger partial charge in [0.15, 0.2) is 0 Å². The average Bonchev–Trinajstić information content (AvgIpc) is 2.36. The second-order valence-corrected chi connectivity index (χ2v) is 4.94. The molecule has 0 fully saturated rings. The molecule has 0 saturated carbocycles. The molecule has 0 saturated heterocycles. The smallest absolute Gasteiger partial charge is 0.120 e. The van der Waals surface area contributed by atoms with Crippen molar-refractivity contribution >= 4 is 33.6 Å². The first-order chi connectivity index (χ1) is 5.24. The van der Waals surface area contributed by atoms with Crippen molar-refractivity contribution in [1.29, 1.82) is 0 Å². The first kappa shape index (κ1) is 8.94. The molecule has 1 atom stereocenters. The molecule has 0 amide bonds. The second kappa shape index (κ2) is 4.02. The molecule has 1 heterocycles. The van der Waals surface area contributed by atoms with Crippen molar-refractivity contribution in [3.05, 3.63) is 20.8 Å². The Hall–Kier alpha value is -0.150. The van der Waals surface area contributed by atoms with Crippen LogP contribution in [0, 0.1) is 0 Å². The summed E-state index contributed by atoms with van der Waals surface area (Å²) in [6.45, 7) is 2.06. The van der Waals surface area contributed by atoms with E-state index in [-0.39, 0.29) is 0 Å². The van der Waals surface area contributed by atoms with E-state index in [4.69, 9.17) is 0 Å². The summed E-state index contributed by atoms with van der Waals surface area (Å²) in [4.78, 5) is 11.5. The minimum Gasteiger partial charge on any atom is -0.303 e. The summed E-state index contributed by atoms with van der Waals surface area (Å²) in [6, 6.07) is 4.07. The molecule has 1 aromatic heterocycles. The van der Waals surface area contributed by atoms with Crippen LogP contribution >= 0.6 is 27.3 Å². The summed E-state index contributed by atoms with van der Waals surface area (Å²) in [5, 5.41) is 0. The molecule has 0 N–H and O–H groups in total. The molecule has 60 valence electrons. The Morgan fingerprint density at radius 1 is 1.73 bits per heavy atom. The number of halogens is 1. The largest absolute Gasteiger partial charge is 0.303 e. The van der Waals surface area contributed by atoms with Crippen LogP contribution in [0.3, 0.4) is 0 Å². The van der Waals surface area contributed by atoms with Gasteiger partial charge in [-0.05, 0) is 34.0 Å². The van der Waals surface area contributed by atoms with Crippen molar-refractivity contribution < 1.29 is 4.79 Å². The number of hydrogen-bond acceptors (Lipinski definition) is 2. The molecule has 0 aromatic carbocycles. The molecular formula is C8H9BrOS. The van der Waals surface area contributed by atoms with Gasteiger partial charge < -0.3 is 4.79 Å². The van der Waals surface area contributed by atoms with Gasteiger partial charge in [-0.2, -0.15) is 0 Å². The Morgan fingerprint density at radius 2 is 2.45 bits per heavy atom. The Balaban J connectivity index is 2.67. The molecular weight excluding hydrogens is 224 g/mol. The quantitative estimate of drug-likeness (QED) is 0.732. The van der Waals surface area contributed by atoms with E-state index < -0.39 is 0 Å². The van der Waals surface area contributed by atoms with Crippen LogP contribution < -0.4 is 0 Å². The molecule has 1 unspecified atom stereocenters. The van der Waals surface area contributed by atoms with Gasteiger partial charge in [-0.25, -0.2) is 0 Å². The zero-order chi connectivity index (χ0) is 8.27. The van der Waals surface area contributed by atoms with Gasteiger partial charge in [0.1, 0.15) is 6.29 Å². The van der Waals surface area contributed by atoms with E-state index in [9.17, 15) is 4.79 Å². The van der Waals surface area contributed by atoms with Gasteiger partial charge in [-0.3, -0.25) is 0 Å². The lowest BCUT2D eigenvalue weighted by molar-refractivity contribution is -0.108. The normalized spacial score (nSPS) is 12.9. The highest BCUT2D eigenvalue weighted by Crippen LogP contribution is 2.29. The summed E-state index contributed by atoms with van der Waals surface area (Å²) < 4.78 is 1.13. The van der Waals surface area contributed by atoms with E-state index in [2.05, 4.69) is 28.9 Å². The van der Waals surface area contributed by atoms with Crippen molar-refractivity contribution in [1.82, 2.24) is 0 Å². The summed E-state index contributed by atoms with van der Waals surface area (Å²) in [6.07, 6.45) is 1.59. The van der Waals surface area contributed by atoms with Crippen molar-refractivity contribution in [3.63, 3.8) is 0 Å². The molecule has 0 spiro atoms. The zero-order valence-corrected chi connectivity index (χ0v) is 8.61. The molecule has 1 rings (SSSR count). The SMILES string of the molecule is CC(CC=O)c1ccc(Br)s1. The minimum atomic E-state index is 0.365. The predicted octanol–water partition coefficient (Wildman–Crippen LogP) is 3.20. The van der Waals surface area contributed by atoms with Gasteiger partial charge in [-0.1, -0.05) is 6.92 Å². The first-order valence-corrected chi connectivity index (χ1v) is 5.04. The fourth-order valence-corrected chi connectivity index (χ4v) is 2.34. The summed E-state index contributed by atoms with van der Waals surface area (Å²) in [5.74, 6) is 0.365. The Labute approximate surface area is 78.6 Å². The van der Waals surface area contributed by atoms with Crippen LogP contribution in [0.4, 0.5) is 0 Å². The predicted molar refractivity (Wildman–Crippen MR) is 51.1 cm³/mol. The first-order valence-electron chi connectivity index (χ1n) is 3.43. The highest BCUT2D eigenvalue weighted by Gasteiger charge is 2.06. The molecule has 3 heteroatoms. The van der Waals surface area contributed by atoms with E-state index in [1.807, 2.05) is 6.07 Å². The van der Waals surface area contributed by atoms with Crippen LogP contribution in [0.15, 0.2) is 15.9 Å². The van der Waals surface area contributed by atoms with Gasteiger partial charge in [0, 0.05) is 11.3 Å². The zero-order valence-electron chi connectivity index (χ0n) is 6.21. The highest BCUT2D eigenvalue weighted by atomic mass is 79.9. The second-order valence-electron chi connectivity index (χ2n) is 2.45. The van der Waals surface area contributed by atoms with E-state index in [1.54, 1.807) is 11.3 Å². The average molecular weight is 233 g/mol. The van der Waals surface area contributed by atoms with E-state index in [1.165, 1.54) is 4.88 Å². The van der Waals surface area contributed by atoms with Gasteiger partial charge >= 0.3 is 0 Å². The number of carbonyl (C=O) groups excluding carboxylic acids is 1. The molecule has 0 bridgehead atoms. The van der Waals surface area contributed by atoms with Crippen LogP contribution in [0.5, 0.6) is 0 Å². The minimum absolute atomic E-state index is 0.365. The fourth-order valence-electron chi connectivity index (χ4n) is 0.854. The van der Waals surface area contributed by atoms with Gasteiger partial charge in [0.2, 0.25) is 0 Å². The van der Waals surface area contributed by atoms with E-state index in [0.717, 1.165) is 10.1 Å². The third-order valence-corrected chi connectivity index (χ3v) is 3.38. The molecule has 0 aliphatic rings. The lowest BCUT2D eigenvalue weighted by atomic mass is 10.1. The lowest BCUT2D eigenvalue weighted by Gasteiger charge is -2.01. The maximum absolute atomic E-state index is 10.2. The van der Waals surface area contributed by atoms with E-state index >= 15 is 0 Å². The van der Waals surface area contributed by atoms with Crippen LogP contribution in [-0.2, 0) is 4.79 Å². The molecule has 1 aromatic rings. The van der Waals surface area contributed by atoms with Crippen molar-refractivity contribution in [2.24, 2.45) is 0 Å². The fraction of sp³-hybridized carbons (Fsp3) is 0.375.